The molecular formula is C25H28N6O5S. The van der Waals surface area contributed by atoms with E-state index in [1.165, 1.54) is 4.68 Å². The lowest BCUT2D eigenvalue weighted by Crippen LogP contribution is -2.32. The van der Waals surface area contributed by atoms with Gasteiger partial charge >= 0.3 is 5.97 Å². The predicted molar refractivity (Wildman–Crippen MR) is 137 cm³/mol. The van der Waals surface area contributed by atoms with E-state index >= 15 is 0 Å². The number of carbonyl (C=O) groups excluding carboxylic acids is 1. The normalized spacial score (nSPS) is 13.7. The number of tetrazole rings is 1. The fraction of sp³-hybridized carbons (Fsp3) is 0.400. The summed E-state index contributed by atoms with van der Waals surface area (Å²) in [5.41, 5.74) is 1.11. The van der Waals surface area contributed by atoms with Gasteiger partial charge in [-0.05, 0) is 47.4 Å². The van der Waals surface area contributed by atoms with Crippen molar-refractivity contribution < 1.29 is 19.0 Å². The highest BCUT2D eigenvalue weighted by Crippen LogP contribution is 2.34. The molecule has 1 aliphatic heterocycles. The molecule has 0 unspecified atom stereocenters. The van der Waals surface area contributed by atoms with Gasteiger partial charge in [0.25, 0.3) is 5.56 Å². The second-order valence-corrected chi connectivity index (χ2v) is 9.65. The predicted octanol–water partition coefficient (Wildman–Crippen LogP) is 3.06. The maximum atomic E-state index is 13.2. The average molecular weight is 525 g/mol. The number of nitrogens with zero attached hydrogens (tertiary/aromatic N) is 5. The van der Waals surface area contributed by atoms with Crippen molar-refractivity contribution in [1.82, 2.24) is 30.1 Å². The fourth-order valence-electron chi connectivity index (χ4n) is 4.50. The third kappa shape index (κ3) is 5.49. The number of rotatable bonds is 10. The molecule has 0 fully saturated rings. The lowest BCUT2D eigenvalue weighted by atomic mass is 10.1. The number of hydrogen-bond acceptors (Lipinski definition) is 10. The molecule has 0 aliphatic carbocycles. The minimum absolute atomic E-state index is 0.0801. The number of benzene rings is 1. The Balaban J connectivity index is 1.49. The molecule has 3 aromatic heterocycles. The maximum Gasteiger partial charge on any atom is 0.327 e. The van der Waals surface area contributed by atoms with Gasteiger partial charge in [0.1, 0.15) is 19.8 Å². The Morgan fingerprint density at radius 3 is 2.76 bits per heavy atom. The Bertz CT molecular complexity index is 1430. The molecule has 194 valence electrons. The van der Waals surface area contributed by atoms with Gasteiger partial charge in [0.05, 0.1) is 18.2 Å². The van der Waals surface area contributed by atoms with Crippen LogP contribution in [0.3, 0.4) is 0 Å². The first-order valence-corrected chi connectivity index (χ1v) is 13.1. The zero-order valence-electron chi connectivity index (χ0n) is 20.7. The van der Waals surface area contributed by atoms with E-state index in [0.29, 0.717) is 61.1 Å². The second kappa shape index (κ2) is 11.1. The summed E-state index contributed by atoms with van der Waals surface area (Å²) in [6, 6.07) is 9.39. The Morgan fingerprint density at radius 1 is 1.22 bits per heavy atom. The molecule has 11 nitrogen and oxygen atoms in total. The molecule has 4 heterocycles. The van der Waals surface area contributed by atoms with Gasteiger partial charge in [0.2, 0.25) is 0 Å². The number of nitrogens with one attached hydrogen (secondary N) is 1. The SMILES string of the molecule is CCOC(=O)Cn1nnnc1[C@H](CC)N(Cc1cccs1)Cc1cc2cc3c(cc2[nH]c1=O)OCCO3. The van der Waals surface area contributed by atoms with Crippen LogP contribution in [0.1, 0.15) is 42.6 Å². The molecule has 5 rings (SSSR count). The van der Waals surface area contributed by atoms with E-state index in [9.17, 15) is 9.59 Å². The van der Waals surface area contributed by atoms with Gasteiger partial charge in [-0.15, -0.1) is 16.4 Å². The smallest absolute Gasteiger partial charge is 0.327 e. The number of carbonyl (C=O) groups is 1. The van der Waals surface area contributed by atoms with Crippen molar-refractivity contribution in [3.8, 4) is 11.5 Å². The van der Waals surface area contributed by atoms with E-state index in [1.54, 1.807) is 24.3 Å². The number of ether oxygens (including phenoxy) is 3. The number of fused-ring (bicyclic) bond motifs is 2. The van der Waals surface area contributed by atoms with Crippen LogP contribution < -0.4 is 15.0 Å². The minimum atomic E-state index is -0.406. The average Bonchev–Trinajstić information content (AvgIpc) is 3.56. The fourth-order valence-corrected chi connectivity index (χ4v) is 5.23. The Morgan fingerprint density at radius 2 is 2.03 bits per heavy atom. The minimum Gasteiger partial charge on any atom is -0.486 e. The van der Waals surface area contributed by atoms with Crippen LogP contribution in [0.15, 0.2) is 40.5 Å². The molecule has 0 saturated heterocycles. The van der Waals surface area contributed by atoms with Gasteiger partial charge in [0.15, 0.2) is 17.3 Å². The summed E-state index contributed by atoms with van der Waals surface area (Å²) in [5.74, 6) is 1.43. The molecule has 0 radical (unpaired) electrons. The molecular weight excluding hydrogens is 496 g/mol. The highest BCUT2D eigenvalue weighted by Gasteiger charge is 2.27. The first-order valence-electron chi connectivity index (χ1n) is 12.2. The van der Waals surface area contributed by atoms with Crippen LogP contribution in [0.5, 0.6) is 11.5 Å². The van der Waals surface area contributed by atoms with Crippen LogP contribution in [0.4, 0.5) is 0 Å². The number of esters is 1. The van der Waals surface area contributed by atoms with Crippen molar-refractivity contribution in [3.05, 3.63) is 62.3 Å². The second-order valence-electron chi connectivity index (χ2n) is 8.61. The third-order valence-electron chi connectivity index (χ3n) is 6.17. The van der Waals surface area contributed by atoms with Crippen molar-refractivity contribution in [1.29, 1.82) is 0 Å². The first-order chi connectivity index (χ1) is 18.1. The lowest BCUT2D eigenvalue weighted by molar-refractivity contribution is -0.144. The van der Waals surface area contributed by atoms with E-state index in [0.717, 1.165) is 10.3 Å². The van der Waals surface area contributed by atoms with Crippen molar-refractivity contribution in [2.24, 2.45) is 0 Å². The molecule has 0 amide bonds. The summed E-state index contributed by atoms with van der Waals surface area (Å²) in [6.07, 6.45) is 0.665. The summed E-state index contributed by atoms with van der Waals surface area (Å²) < 4.78 is 18.0. The Hall–Kier alpha value is -3.77. The number of thiophene rings is 1. The van der Waals surface area contributed by atoms with Crippen molar-refractivity contribution in [2.45, 2.75) is 45.9 Å². The summed E-state index contributed by atoms with van der Waals surface area (Å²) in [4.78, 5) is 31.6. The van der Waals surface area contributed by atoms with Crippen molar-refractivity contribution >= 4 is 28.2 Å². The molecule has 1 N–H and O–H groups in total. The Kier molecular flexibility index (Phi) is 7.47. The molecule has 12 heteroatoms. The van der Waals surface area contributed by atoms with E-state index in [1.807, 2.05) is 30.5 Å². The van der Waals surface area contributed by atoms with E-state index in [4.69, 9.17) is 14.2 Å². The topological polar surface area (TPSA) is 124 Å². The van der Waals surface area contributed by atoms with Gasteiger partial charge in [-0.1, -0.05) is 13.0 Å². The first kappa shape index (κ1) is 24.9. The van der Waals surface area contributed by atoms with Crippen molar-refractivity contribution in [2.75, 3.05) is 19.8 Å². The van der Waals surface area contributed by atoms with Gasteiger partial charge in [-0.3, -0.25) is 14.5 Å². The lowest BCUT2D eigenvalue weighted by Gasteiger charge is -2.29. The van der Waals surface area contributed by atoms with Gasteiger partial charge < -0.3 is 19.2 Å². The highest BCUT2D eigenvalue weighted by atomic mass is 32.1. The highest BCUT2D eigenvalue weighted by molar-refractivity contribution is 7.09. The zero-order valence-corrected chi connectivity index (χ0v) is 21.5. The van der Waals surface area contributed by atoms with Crippen LogP contribution in [-0.4, -0.2) is 55.9 Å². The van der Waals surface area contributed by atoms with Gasteiger partial charge in [0, 0.05) is 35.0 Å². The van der Waals surface area contributed by atoms with E-state index in [2.05, 4.69) is 31.5 Å². The maximum absolute atomic E-state index is 13.2. The molecule has 0 saturated carbocycles. The van der Waals surface area contributed by atoms with Crippen LogP contribution in [0.2, 0.25) is 0 Å². The molecule has 4 aromatic rings. The summed E-state index contributed by atoms with van der Waals surface area (Å²) in [5, 5.41) is 15.0. The summed E-state index contributed by atoms with van der Waals surface area (Å²) in [6.45, 7) is 5.89. The van der Waals surface area contributed by atoms with Gasteiger partial charge in [-0.2, -0.15) is 0 Å². The third-order valence-corrected chi connectivity index (χ3v) is 7.03. The van der Waals surface area contributed by atoms with Crippen LogP contribution in [0.25, 0.3) is 10.9 Å². The Labute approximate surface area is 217 Å². The van der Waals surface area contributed by atoms with Crippen molar-refractivity contribution in [3.63, 3.8) is 0 Å². The molecule has 1 aliphatic rings. The monoisotopic (exact) mass is 524 g/mol. The number of aromatic nitrogens is 5. The molecule has 0 spiro atoms. The van der Waals surface area contributed by atoms with Crippen LogP contribution >= 0.6 is 11.3 Å². The van der Waals surface area contributed by atoms with E-state index in [-0.39, 0.29) is 24.8 Å². The number of aromatic amines is 1. The molecule has 37 heavy (non-hydrogen) atoms. The number of pyridine rings is 1. The number of hydrogen-bond donors (Lipinski definition) is 1. The van der Waals surface area contributed by atoms with Crippen LogP contribution in [-0.2, 0) is 29.2 Å². The zero-order chi connectivity index (χ0) is 25.8. The molecule has 0 bridgehead atoms. The number of H-pyrrole nitrogens is 1. The molecule has 1 aromatic carbocycles. The van der Waals surface area contributed by atoms with Gasteiger partial charge in [-0.25, -0.2) is 4.68 Å². The standard InChI is InChI=1S/C25H28N6O5S/c1-3-20(24-27-28-29-31(24)15-23(32)34-4-2)30(14-18-6-5-9-37-18)13-17-10-16-11-21-22(36-8-7-35-21)12-19(16)26-25(17)33/h5-6,9-12,20H,3-4,7-8,13-15H2,1-2H3,(H,26,33)/t20-/m0/s1. The summed E-state index contributed by atoms with van der Waals surface area (Å²) >= 11 is 1.64. The molecule has 1 atom stereocenters. The van der Waals surface area contributed by atoms with E-state index < -0.39 is 5.97 Å². The summed E-state index contributed by atoms with van der Waals surface area (Å²) in [7, 11) is 0. The van der Waals surface area contributed by atoms with Crippen LogP contribution in [0, 0.1) is 0 Å². The quantitative estimate of drug-likeness (QED) is 0.312. The largest absolute Gasteiger partial charge is 0.486 e.